The lowest BCUT2D eigenvalue weighted by molar-refractivity contribution is 0.754. The Balaban J connectivity index is 3.27. The predicted octanol–water partition coefficient (Wildman–Crippen LogP) is 6.37. The van der Waals surface area contributed by atoms with Crippen molar-refractivity contribution in [3.63, 3.8) is 0 Å². The maximum atomic E-state index is 10.2. The van der Waals surface area contributed by atoms with Crippen LogP contribution in [0.1, 0.15) is 38.8 Å². The molecule has 2 aromatic carbocycles. The van der Waals surface area contributed by atoms with E-state index in [-0.39, 0.29) is 34.4 Å². The van der Waals surface area contributed by atoms with Gasteiger partial charge in [0.05, 0.1) is 0 Å². The summed E-state index contributed by atoms with van der Waals surface area (Å²) in [6.45, 7) is 7.95. The second-order valence-corrected chi connectivity index (χ2v) is 10.4. The first-order chi connectivity index (χ1) is 22.0. The molecule has 0 unspecified atom stereocenters. The lowest BCUT2D eigenvalue weighted by atomic mass is 9.78. The molecule has 0 radical (unpaired) electrons. The first kappa shape index (κ1) is 35.1. The van der Waals surface area contributed by atoms with Crippen molar-refractivity contribution in [2.24, 2.45) is 0 Å². The molecule has 0 aliphatic carbocycles. The van der Waals surface area contributed by atoms with Gasteiger partial charge in [0.1, 0.15) is 70.8 Å². The Morgan fingerprint density at radius 3 is 0.870 bits per heavy atom. The largest absolute Gasteiger partial charge is 0.372 e. The van der Waals surface area contributed by atoms with Crippen molar-refractivity contribution in [2.45, 2.75) is 39.8 Å². The van der Waals surface area contributed by atoms with Gasteiger partial charge in [0.15, 0.2) is 0 Å². The van der Waals surface area contributed by atoms with Crippen molar-refractivity contribution >= 4 is 22.5 Å². The van der Waals surface area contributed by atoms with E-state index in [1.807, 2.05) is 51.6 Å². The molecule has 222 valence electrons. The first-order valence-corrected chi connectivity index (χ1v) is 13.8. The van der Waals surface area contributed by atoms with Crippen LogP contribution < -0.4 is 9.80 Å². The highest BCUT2D eigenvalue weighted by Gasteiger charge is 2.30. The van der Waals surface area contributed by atoms with Crippen LogP contribution in [0.2, 0.25) is 0 Å². The van der Waals surface area contributed by atoms with Crippen molar-refractivity contribution in [3.8, 4) is 48.6 Å². The molecule has 10 heteroatoms. The Kier molecular flexibility index (Phi) is 12.2. The Morgan fingerprint density at radius 2 is 0.674 bits per heavy atom. The van der Waals surface area contributed by atoms with Gasteiger partial charge in [-0.05, 0) is 63.1 Å². The van der Waals surface area contributed by atoms with Crippen LogP contribution in [0.5, 0.6) is 0 Å². The van der Waals surface area contributed by atoms with Crippen molar-refractivity contribution in [1.82, 2.24) is 0 Å². The zero-order valence-corrected chi connectivity index (χ0v) is 26.2. The van der Waals surface area contributed by atoms with Gasteiger partial charge in [-0.15, -0.1) is 0 Å². The fourth-order valence-electron chi connectivity index (χ4n) is 4.45. The van der Waals surface area contributed by atoms with Crippen molar-refractivity contribution in [1.29, 1.82) is 42.1 Å². The predicted molar refractivity (Wildman–Crippen MR) is 173 cm³/mol. The number of anilines is 2. The molecule has 46 heavy (non-hydrogen) atoms. The molecule has 0 spiro atoms. The van der Waals surface area contributed by atoms with Crippen molar-refractivity contribution in [3.05, 3.63) is 93.1 Å². The van der Waals surface area contributed by atoms with E-state index in [0.29, 0.717) is 0 Å². The molecule has 0 saturated heterocycles. The highest BCUT2D eigenvalue weighted by Crippen LogP contribution is 2.43. The summed E-state index contributed by atoms with van der Waals surface area (Å²) >= 11 is 0. The quantitative estimate of drug-likeness (QED) is 0.230. The highest BCUT2D eigenvalue weighted by atomic mass is 15.1. The molecular formula is C36H28N10. The molecule has 0 amide bonds. The van der Waals surface area contributed by atoms with E-state index in [4.69, 9.17) is 0 Å². The molecule has 0 atom stereocenters. The van der Waals surface area contributed by atoms with Crippen LogP contribution in [-0.2, 0) is 0 Å². The zero-order chi connectivity index (χ0) is 34.6. The molecule has 0 N–H and O–H groups in total. The van der Waals surface area contributed by atoms with Crippen LogP contribution >= 0.6 is 0 Å². The summed E-state index contributed by atoms with van der Waals surface area (Å²) in [6.07, 6.45) is 0. The highest BCUT2D eigenvalue weighted by molar-refractivity contribution is 6.03. The minimum Gasteiger partial charge on any atom is -0.372 e. The Hall–Kier alpha value is -7.08. The van der Waals surface area contributed by atoms with Gasteiger partial charge in [-0.25, -0.2) is 0 Å². The van der Waals surface area contributed by atoms with Gasteiger partial charge in [0.25, 0.3) is 0 Å². The number of hydrogen-bond donors (Lipinski definition) is 0. The fourth-order valence-corrected chi connectivity index (χ4v) is 4.45. The second kappa shape index (κ2) is 16.0. The van der Waals surface area contributed by atoms with Gasteiger partial charge in [-0.2, -0.15) is 42.1 Å². The average Bonchev–Trinajstić information content (AvgIpc) is 3.07. The molecule has 2 rings (SSSR count). The minimum atomic E-state index is -0.650. The van der Waals surface area contributed by atoms with Gasteiger partial charge < -0.3 is 9.80 Å². The SMILES string of the molecule is CC(C)N(C)c1ccc(C(=C(C#N)C#N)C(=C(C#N)C#N)C(=C(C#N)C#N)C(=C(C#N)C#N)c2ccc(N(C)C(C)C)cc2)cc1. The van der Waals surface area contributed by atoms with Crippen LogP contribution in [0.15, 0.2) is 82.0 Å². The van der Waals surface area contributed by atoms with Crippen LogP contribution in [0.3, 0.4) is 0 Å². The summed E-state index contributed by atoms with van der Waals surface area (Å²) in [5.41, 5.74) is -1.61. The third-order valence-electron chi connectivity index (χ3n) is 7.32. The lowest BCUT2D eigenvalue weighted by Gasteiger charge is -2.25. The Bertz CT molecular complexity index is 1770. The molecule has 0 aliphatic heterocycles. The lowest BCUT2D eigenvalue weighted by Crippen LogP contribution is -2.25. The second-order valence-electron chi connectivity index (χ2n) is 10.4. The number of allylic oxidation sites excluding steroid dienone is 8. The summed E-state index contributed by atoms with van der Waals surface area (Å²) in [7, 11) is 3.75. The van der Waals surface area contributed by atoms with Gasteiger partial charge in [-0.3, -0.25) is 0 Å². The van der Waals surface area contributed by atoms with E-state index < -0.39 is 33.4 Å². The van der Waals surface area contributed by atoms with Gasteiger partial charge >= 0.3 is 0 Å². The smallest absolute Gasteiger partial charge is 0.138 e. The van der Waals surface area contributed by atoms with E-state index in [0.717, 1.165) is 11.4 Å². The van der Waals surface area contributed by atoms with Crippen LogP contribution in [-0.4, -0.2) is 26.2 Å². The average molecular weight is 601 g/mol. The van der Waals surface area contributed by atoms with E-state index in [1.165, 1.54) is 0 Å². The van der Waals surface area contributed by atoms with E-state index >= 15 is 0 Å². The number of hydrogen-bond acceptors (Lipinski definition) is 10. The number of rotatable bonds is 9. The first-order valence-electron chi connectivity index (χ1n) is 13.8. The van der Waals surface area contributed by atoms with E-state index in [1.54, 1.807) is 97.1 Å². The summed E-state index contributed by atoms with van der Waals surface area (Å²) in [5.74, 6) is 0. The molecule has 0 fully saturated rings. The zero-order valence-electron chi connectivity index (χ0n) is 26.2. The molecular weight excluding hydrogens is 572 g/mol. The van der Waals surface area contributed by atoms with Gasteiger partial charge in [0.2, 0.25) is 0 Å². The summed E-state index contributed by atoms with van der Waals surface area (Å²) in [5, 5.41) is 80.9. The Labute approximate surface area is 269 Å². The fraction of sp³-hybridized carbons (Fsp3) is 0.222. The van der Waals surface area contributed by atoms with E-state index in [9.17, 15) is 42.1 Å². The molecule has 10 nitrogen and oxygen atoms in total. The van der Waals surface area contributed by atoms with Crippen molar-refractivity contribution < 1.29 is 0 Å². The molecule has 0 saturated carbocycles. The van der Waals surface area contributed by atoms with E-state index in [2.05, 4.69) is 0 Å². The van der Waals surface area contributed by atoms with Gasteiger partial charge in [-0.1, -0.05) is 24.3 Å². The van der Waals surface area contributed by atoms with Crippen LogP contribution in [0.25, 0.3) is 11.1 Å². The summed E-state index contributed by atoms with van der Waals surface area (Å²) in [6, 6.07) is 27.7. The number of nitrogens with zero attached hydrogens (tertiary/aromatic N) is 10. The topological polar surface area (TPSA) is 197 Å². The molecule has 2 aromatic rings. The van der Waals surface area contributed by atoms with Crippen molar-refractivity contribution in [2.75, 3.05) is 23.9 Å². The maximum Gasteiger partial charge on any atom is 0.138 e. The summed E-state index contributed by atoms with van der Waals surface area (Å²) in [4.78, 5) is 3.94. The standard InChI is InChI=1S/C36H28N10/c1-23(2)45(5)31-11-7-25(8-12-31)33(27(15-37)16-38)35(29(19-41)20-42)36(30(21-43)22-44)34(28(17-39)18-40)26-9-13-32(14-10-26)46(6)24(3)4/h7-14,23-24H,1-6H3. The molecule has 0 bridgehead atoms. The molecule has 0 aromatic heterocycles. The number of benzene rings is 2. The molecule has 0 aliphatic rings. The minimum absolute atomic E-state index is 0.132. The third-order valence-corrected chi connectivity index (χ3v) is 7.32. The summed E-state index contributed by atoms with van der Waals surface area (Å²) < 4.78 is 0. The maximum absolute atomic E-state index is 10.2. The van der Waals surface area contributed by atoms with Crippen LogP contribution in [0, 0.1) is 90.6 Å². The third kappa shape index (κ3) is 7.27. The van der Waals surface area contributed by atoms with Gasteiger partial charge in [0, 0.05) is 59.8 Å². The monoisotopic (exact) mass is 600 g/mol. The Morgan fingerprint density at radius 1 is 0.435 bits per heavy atom. The molecule has 0 heterocycles. The normalized spacial score (nSPS) is 9.30. The van der Waals surface area contributed by atoms with Crippen LogP contribution in [0.4, 0.5) is 11.4 Å². The number of nitriles is 8.